The van der Waals surface area contributed by atoms with E-state index >= 15 is 0 Å². The number of anilines is 1. The van der Waals surface area contributed by atoms with Crippen molar-refractivity contribution in [3.8, 4) is 6.07 Å². The Morgan fingerprint density at radius 1 is 1.31 bits per heavy atom. The standard InChI is InChI=1S/C20H19F3N4O2/c1-13-2-3-15(10-25-13)19(29)26-6-7-27(17(11-26)12-28)16-5-4-14(9-24)18(8-16)20(21,22)23/h2-5,8,10,17,28H,6-7,11-12H2,1H3. The number of rotatable bonds is 3. The van der Waals surface area contributed by atoms with Crippen LogP contribution < -0.4 is 4.90 Å². The van der Waals surface area contributed by atoms with Gasteiger partial charge in [0.15, 0.2) is 0 Å². The zero-order chi connectivity index (χ0) is 21.2. The minimum Gasteiger partial charge on any atom is -0.394 e. The van der Waals surface area contributed by atoms with E-state index in [0.717, 1.165) is 17.8 Å². The Morgan fingerprint density at radius 2 is 2.07 bits per heavy atom. The van der Waals surface area contributed by atoms with Gasteiger partial charge >= 0.3 is 6.18 Å². The van der Waals surface area contributed by atoms with E-state index in [1.54, 1.807) is 28.0 Å². The average Bonchev–Trinajstić information content (AvgIpc) is 2.72. The largest absolute Gasteiger partial charge is 0.417 e. The van der Waals surface area contributed by atoms with Crippen molar-refractivity contribution in [2.75, 3.05) is 31.1 Å². The molecule has 0 saturated carbocycles. The quantitative estimate of drug-likeness (QED) is 0.851. The van der Waals surface area contributed by atoms with E-state index in [1.807, 2.05) is 6.92 Å². The molecule has 1 amide bonds. The van der Waals surface area contributed by atoms with Gasteiger partial charge in [-0.15, -0.1) is 0 Å². The average molecular weight is 404 g/mol. The molecular formula is C20H19F3N4O2. The van der Waals surface area contributed by atoms with Crippen LogP contribution in [0.1, 0.15) is 27.2 Å². The number of hydrogen-bond acceptors (Lipinski definition) is 5. The number of amides is 1. The van der Waals surface area contributed by atoms with Crippen molar-refractivity contribution in [1.82, 2.24) is 9.88 Å². The van der Waals surface area contributed by atoms with Crippen LogP contribution in [0.4, 0.5) is 18.9 Å². The Hall–Kier alpha value is -3.12. The maximum atomic E-state index is 13.3. The van der Waals surface area contributed by atoms with Crippen molar-refractivity contribution < 1.29 is 23.1 Å². The third-order valence-electron chi connectivity index (χ3n) is 4.90. The highest BCUT2D eigenvalue weighted by Crippen LogP contribution is 2.35. The number of carbonyl (C=O) groups excluding carboxylic acids is 1. The monoisotopic (exact) mass is 404 g/mol. The maximum absolute atomic E-state index is 13.3. The van der Waals surface area contributed by atoms with Gasteiger partial charge < -0.3 is 14.9 Å². The van der Waals surface area contributed by atoms with Crippen molar-refractivity contribution in [3.05, 3.63) is 58.9 Å². The first-order valence-corrected chi connectivity index (χ1v) is 8.95. The zero-order valence-corrected chi connectivity index (χ0v) is 15.6. The van der Waals surface area contributed by atoms with Crippen LogP contribution in [0.25, 0.3) is 0 Å². The molecule has 1 atom stereocenters. The predicted octanol–water partition coefficient (Wildman–Crippen LogP) is 2.60. The van der Waals surface area contributed by atoms with Gasteiger partial charge in [0, 0.05) is 37.2 Å². The number of hydrogen-bond donors (Lipinski definition) is 1. The minimum atomic E-state index is -4.66. The predicted molar refractivity (Wildman–Crippen MR) is 99.3 cm³/mol. The second kappa shape index (κ2) is 8.09. The minimum absolute atomic E-state index is 0.157. The third kappa shape index (κ3) is 4.32. The number of aliphatic hydroxyl groups is 1. The Morgan fingerprint density at radius 3 is 2.66 bits per heavy atom. The van der Waals surface area contributed by atoms with E-state index in [4.69, 9.17) is 5.26 Å². The summed E-state index contributed by atoms with van der Waals surface area (Å²) >= 11 is 0. The Kier molecular flexibility index (Phi) is 5.75. The molecule has 2 aromatic rings. The van der Waals surface area contributed by atoms with Crippen LogP contribution in [-0.4, -0.2) is 53.2 Å². The molecule has 0 bridgehead atoms. The summed E-state index contributed by atoms with van der Waals surface area (Å²) in [5.41, 5.74) is -0.0280. The van der Waals surface area contributed by atoms with Gasteiger partial charge in [-0.25, -0.2) is 0 Å². The number of alkyl halides is 3. The molecule has 1 N–H and O–H groups in total. The topological polar surface area (TPSA) is 80.5 Å². The van der Waals surface area contributed by atoms with Crippen LogP contribution in [0.15, 0.2) is 36.5 Å². The van der Waals surface area contributed by atoms with Gasteiger partial charge in [-0.1, -0.05) is 0 Å². The number of pyridine rings is 1. The summed E-state index contributed by atoms with van der Waals surface area (Å²) in [7, 11) is 0. The summed E-state index contributed by atoms with van der Waals surface area (Å²) < 4.78 is 39.8. The molecule has 0 spiro atoms. The van der Waals surface area contributed by atoms with Gasteiger partial charge in [-0.2, -0.15) is 18.4 Å². The summed E-state index contributed by atoms with van der Waals surface area (Å²) in [6.07, 6.45) is -3.18. The van der Waals surface area contributed by atoms with E-state index in [9.17, 15) is 23.1 Å². The van der Waals surface area contributed by atoms with Crippen molar-refractivity contribution in [1.29, 1.82) is 5.26 Å². The van der Waals surface area contributed by atoms with E-state index < -0.39 is 23.3 Å². The zero-order valence-electron chi connectivity index (χ0n) is 15.6. The summed E-state index contributed by atoms with van der Waals surface area (Å²) in [6.45, 7) is 2.16. The molecule has 1 aromatic heterocycles. The first-order chi connectivity index (χ1) is 13.7. The van der Waals surface area contributed by atoms with E-state index in [0.29, 0.717) is 5.56 Å². The molecule has 29 heavy (non-hydrogen) atoms. The molecule has 9 heteroatoms. The highest BCUT2D eigenvalue weighted by molar-refractivity contribution is 5.94. The van der Waals surface area contributed by atoms with Gasteiger partial charge in [0.25, 0.3) is 5.91 Å². The first kappa shape index (κ1) is 20.6. The number of aliphatic hydroxyl groups excluding tert-OH is 1. The molecule has 1 aliphatic rings. The number of carbonyl (C=O) groups is 1. The van der Waals surface area contributed by atoms with Gasteiger partial charge in [-0.05, 0) is 37.3 Å². The fraction of sp³-hybridized carbons (Fsp3) is 0.350. The Bertz CT molecular complexity index is 938. The molecule has 0 aliphatic carbocycles. The molecule has 1 aromatic carbocycles. The molecule has 1 saturated heterocycles. The van der Waals surface area contributed by atoms with E-state index in [-0.39, 0.29) is 37.8 Å². The number of piperazine rings is 1. The highest BCUT2D eigenvalue weighted by Gasteiger charge is 2.36. The summed E-state index contributed by atoms with van der Waals surface area (Å²) in [4.78, 5) is 20.0. The fourth-order valence-electron chi connectivity index (χ4n) is 3.36. The van der Waals surface area contributed by atoms with Crippen molar-refractivity contribution in [2.24, 2.45) is 0 Å². The van der Waals surface area contributed by atoms with Crippen LogP contribution in [-0.2, 0) is 6.18 Å². The second-order valence-electron chi connectivity index (χ2n) is 6.81. The summed E-state index contributed by atoms with van der Waals surface area (Å²) in [5.74, 6) is -0.244. The lowest BCUT2D eigenvalue weighted by atomic mass is 10.0. The molecule has 1 fully saturated rings. The molecule has 2 heterocycles. The van der Waals surface area contributed by atoms with Crippen LogP contribution in [0.3, 0.4) is 0 Å². The number of aromatic nitrogens is 1. The summed E-state index contributed by atoms with van der Waals surface area (Å²) in [6, 6.07) is 7.85. The van der Waals surface area contributed by atoms with Crippen LogP contribution in [0.2, 0.25) is 0 Å². The fourth-order valence-corrected chi connectivity index (χ4v) is 3.36. The summed E-state index contributed by atoms with van der Waals surface area (Å²) in [5, 5.41) is 18.7. The lowest BCUT2D eigenvalue weighted by Crippen LogP contribution is -2.56. The van der Waals surface area contributed by atoms with Crippen molar-refractivity contribution >= 4 is 11.6 Å². The number of nitrogens with zero attached hydrogens (tertiary/aromatic N) is 4. The normalized spacial score (nSPS) is 17.2. The number of benzene rings is 1. The Balaban J connectivity index is 1.82. The van der Waals surface area contributed by atoms with Gasteiger partial charge in [-0.3, -0.25) is 9.78 Å². The maximum Gasteiger partial charge on any atom is 0.417 e. The SMILES string of the molecule is Cc1ccc(C(=O)N2CCN(c3ccc(C#N)c(C(F)(F)F)c3)C(CO)C2)cn1. The van der Waals surface area contributed by atoms with E-state index in [2.05, 4.69) is 4.98 Å². The smallest absolute Gasteiger partial charge is 0.394 e. The lowest BCUT2D eigenvalue weighted by Gasteiger charge is -2.42. The molecule has 1 aliphatic heterocycles. The molecule has 0 radical (unpaired) electrons. The van der Waals surface area contributed by atoms with Crippen LogP contribution in [0, 0.1) is 18.3 Å². The van der Waals surface area contributed by atoms with E-state index in [1.165, 1.54) is 12.3 Å². The van der Waals surface area contributed by atoms with Gasteiger partial charge in [0.1, 0.15) is 0 Å². The first-order valence-electron chi connectivity index (χ1n) is 8.95. The highest BCUT2D eigenvalue weighted by atomic mass is 19.4. The lowest BCUT2D eigenvalue weighted by molar-refractivity contribution is -0.137. The van der Waals surface area contributed by atoms with Crippen LogP contribution >= 0.6 is 0 Å². The number of nitriles is 1. The van der Waals surface area contributed by atoms with Gasteiger partial charge in [0.05, 0.1) is 35.4 Å². The van der Waals surface area contributed by atoms with Crippen LogP contribution in [0.5, 0.6) is 0 Å². The number of halogens is 3. The molecule has 152 valence electrons. The molecule has 1 unspecified atom stereocenters. The van der Waals surface area contributed by atoms with Crippen molar-refractivity contribution in [2.45, 2.75) is 19.1 Å². The molecule has 6 nitrogen and oxygen atoms in total. The third-order valence-corrected chi connectivity index (χ3v) is 4.90. The molecule has 3 rings (SSSR count). The van der Waals surface area contributed by atoms with Gasteiger partial charge in [0.2, 0.25) is 0 Å². The Labute approximate surface area is 165 Å². The van der Waals surface area contributed by atoms with Crippen molar-refractivity contribution in [3.63, 3.8) is 0 Å². The second-order valence-corrected chi connectivity index (χ2v) is 6.81. The number of aryl methyl sites for hydroxylation is 1. The molecular weight excluding hydrogens is 385 g/mol.